The molecule has 3 heteroatoms. The number of nitrogens with zero attached hydrogens (tertiary/aromatic N) is 1. The molecular weight excluding hydrogens is 240 g/mol. The predicted molar refractivity (Wildman–Crippen MR) is 81.9 cm³/mol. The van der Waals surface area contributed by atoms with Gasteiger partial charge in [-0.1, -0.05) is 19.9 Å². The van der Waals surface area contributed by atoms with E-state index in [-0.39, 0.29) is 0 Å². The van der Waals surface area contributed by atoms with E-state index < -0.39 is 0 Å². The van der Waals surface area contributed by atoms with Crippen molar-refractivity contribution in [3.63, 3.8) is 0 Å². The van der Waals surface area contributed by atoms with Gasteiger partial charge in [-0.05, 0) is 35.9 Å². The molecule has 1 aromatic heterocycles. The van der Waals surface area contributed by atoms with Crippen molar-refractivity contribution in [1.82, 2.24) is 4.57 Å². The summed E-state index contributed by atoms with van der Waals surface area (Å²) in [5.41, 5.74) is 9.66. The van der Waals surface area contributed by atoms with Crippen LogP contribution in [0.15, 0.2) is 24.3 Å². The summed E-state index contributed by atoms with van der Waals surface area (Å²) in [7, 11) is 0. The summed E-state index contributed by atoms with van der Waals surface area (Å²) < 4.78 is 2.41. The van der Waals surface area contributed by atoms with Crippen LogP contribution in [0.1, 0.15) is 32.0 Å². The van der Waals surface area contributed by atoms with Crippen molar-refractivity contribution in [3.05, 3.63) is 35.5 Å². The minimum absolute atomic E-state index is 0.614. The molecule has 0 unspecified atom stereocenters. The van der Waals surface area contributed by atoms with Gasteiger partial charge in [0.1, 0.15) is 0 Å². The number of aromatic nitrogens is 1. The lowest BCUT2D eigenvalue weighted by atomic mass is 10.1. The molecule has 1 aromatic carbocycles. The minimum atomic E-state index is 0.614. The van der Waals surface area contributed by atoms with Gasteiger partial charge >= 0.3 is 0 Å². The van der Waals surface area contributed by atoms with Crippen molar-refractivity contribution < 1.29 is 0 Å². The van der Waals surface area contributed by atoms with Gasteiger partial charge in [0.2, 0.25) is 0 Å². The van der Waals surface area contributed by atoms with E-state index in [0.29, 0.717) is 11.8 Å². The molecule has 98 valence electrons. The van der Waals surface area contributed by atoms with Gasteiger partial charge in [0.15, 0.2) is 0 Å². The number of nitrogens with two attached hydrogens (primary N) is 1. The lowest BCUT2D eigenvalue weighted by Crippen LogP contribution is -2.00. The first-order chi connectivity index (χ1) is 8.65. The molecule has 2 N–H and O–H groups in total. The molecule has 0 atom stereocenters. The molecule has 0 aliphatic carbocycles. The number of rotatable bonds is 5. The maximum Gasteiger partial charge on any atom is 0.0482 e. The minimum Gasteiger partial charge on any atom is -0.344 e. The topological polar surface area (TPSA) is 30.9 Å². The summed E-state index contributed by atoms with van der Waals surface area (Å²) in [6.07, 6.45) is 0. The van der Waals surface area contributed by atoms with Crippen LogP contribution in [0, 0.1) is 0 Å². The van der Waals surface area contributed by atoms with Crippen LogP contribution in [0.5, 0.6) is 0 Å². The summed E-state index contributed by atoms with van der Waals surface area (Å²) in [5.74, 6) is 1.08. The fraction of sp³-hybridized carbons (Fsp3) is 0.467. The Morgan fingerprint density at radius 2 is 2.06 bits per heavy atom. The molecule has 2 nitrogen and oxygen atoms in total. The average Bonchev–Trinajstić information content (AvgIpc) is 2.72. The summed E-state index contributed by atoms with van der Waals surface area (Å²) in [6.45, 7) is 8.34. The molecule has 0 saturated carbocycles. The van der Waals surface area contributed by atoms with Gasteiger partial charge in [-0.2, -0.15) is 11.8 Å². The largest absolute Gasteiger partial charge is 0.344 e. The van der Waals surface area contributed by atoms with Crippen LogP contribution in [-0.4, -0.2) is 9.82 Å². The Labute approximate surface area is 114 Å². The Balaban J connectivity index is 2.40. The van der Waals surface area contributed by atoms with Gasteiger partial charge in [0.05, 0.1) is 0 Å². The first-order valence-electron chi connectivity index (χ1n) is 6.58. The Bertz CT molecular complexity index is 529. The van der Waals surface area contributed by atoms with Gasteiger partial charge in [-0.25, -0.2) is 0 Å². The molecule has 0 bridgehead atoms. The third-order valence-electron chi connectivity index (χ3n) is 3.17. The highest BCUT2D eigenvalue weighted by Crippen LogP contribution is 2.25. The molecule has 0 spiro atoms. The SMILES string of the molecule is CCn1c(CSC(C)C)cc2cc(CN)ccc21. The van der Waals surface area contributed by atoms with E-state index in [2.05, 4.69) is 49.6 Å². The lowest BCUT2D eigenvalue weighted by Gasteiger charge is -2.09. The Morgan fingerprint density at radius 1 is 1.28 bits per heavy atom. The predicted octanol–water partition coefficient (Wildman–Crippen LogP) is 3.76. The van der Waals surface area contributed by atoms with E-state index in [0.717, 1.165) is 12.3 Å². The van der Waals surface area contributed by atoms with E-state index in [1.807, 2.05) is 11.8 Å². The first-order valence-corrected chi connectivity index (χ1v) is 7.63. The Kier molecular flexibility index (Phi) is 4.36. The van der Waals surface area contributed by atoms with Crippen molar-refractivity contribution in [2.75, 3.05) is 0 Å². The number of hydrogen-bond acceptors (Lipinski definition) is 2. The molecular formula is C15H22N2S. The number of aryl methyl sites for hydroxylation is 1. The third-order valence-corrected chi connectivity index (χ3v) is 4.30. The molecule has 18 heavy (non-hydrogen) atoms. The van der Waals surface area contributed by atoms with Crippen LogP contribution in [-0.2, 0) is 18.8 Å². The van der Waals surface area contributed by atoms with E-state index in [1.54, 1.807) is 0 Å². The maximum atomic E-state index is 5.71. The smallest absolute Gasteiger partial charge is 0.0482 e. The van der Waals surface area contributed by atoms with Crippen LogP contribution in [0.25, 0.3) is 10.9 Å². The lowest BCUT2D eigenvalue weighted by molar-refractivity contribution is 0.765. The highest BCUT2D eigenvalue weighted by Gasteiger charge is 2.08. The number of benzene rings is 1. The summed E-state index contributed by atoms with van der Waals surface area (Å²) in [5, 5.41) is 1.99. The van der Waals surface area contributed by atoms with Crippen molar-refractivity contribution in [3.8, 4) is 0 Å². The average molecular weight is 262 g/mol. The van der Waals surface area contributed by atoms with Gasteiger partial charge in [0.25, 0.3) is 0 Å². The standard InChI is InChI=1S/C15H22N2S/c1-4-17-14(10-18-11(2)3)8-13-7-12(9-16)5-6-15(13)17/h5-8,11H,4,9-10,16H2,1-3H3. The zero-order chi connectivity index (χ0) is 13.1. The van der Waals surface area contributed by atoms with E-state index in [1.165, 1.54) is 22.2 Å². The number of hydrogen-bond donors (Lipinski definition) is 1. The summed E-state index contributed by atoms with van der Waals surface area (Å²) in [6, 6.07) is 8.86. The molecule has 0 aliphatic rings. The molecule has 0 aliphatic heterocycles. The van der Waals surface area contributed by atoms with E-state index in [9.17, 15) is 0 Å². The normalized spacial score (nSPS) is 11.6. The highest BCUT2D eigenvalue weighted by atomic mass is 32.2. The van der Waals surface area contributed by atoms with Crippen molar-refractivity contribution >= 4 is 22.7 Å². The first kappa shape index (κ1) is 13.5. The van der Waals surface area contributed by atoms with Gasteiger partial charge < -0.3 is 10.3 Å². The van der Waals surface area contributed by atoms with Gasteiger partial charge in [0, 0.05) is 35.4 Å². The van der Waals surface area contributed by atoms with Crippen molar-refractivity contribution in [1.29, 1.82) is 0 Å². The van der Waals surface area contributed by atoms with Crippen LogP contribution >= 0.6 is 11.8 Å². The van der Waals surface area contributed by atoms with Crippen molar-refractivity contribution in [2.24, 2.45) is 5.73 Å². The quantitative estimate of drug-likeness (QED) is 0.889. The summed E-state index contributed by atoms with van der Waals surface area (Å²) >= 11 is 1.99. The molecule has 0 amide bonds. The van der Waals surface area contributed by atoms with Crippen LogP contribution in [0.4, 0.5) is 0 Å². The molecule has 2 aromatic rings. The fourth-order valence-corrected chi connectivity index (χ4v) is 2.99. The summed E-state index contributed by atoms with van der Waals surface area (Å²) in [4.78, 5) is 0. The Hall–Kier alpha value is -0.930. The van der Waals surface area contributed by atoms with Crippen LogP contribution in [0.3, 0.4) is 0 Å². The number of thioether (sulfide) groups is 1. The third kappa shape index (κ3) is 2.73. The second-order valence-electron chi connectivity index (χ2n) is 4.84. The second kappa shape index (κ2) is 5.81. The molecule has 0 saturated heterocycles. The zero-order valence-electron chi connectivity index (χ0n) is 11.4. The zero-order valence-corrected chi connectivity index (χ0v) is 12.3. The fourth-order valence-electron chi connectivity index (χ4n) is 2.25. The maximum absolute atomic E-state index is 5.71. The molecule has 0 radical (unpaired) electrons. The van der Waals surface area contributed by atoms with Gasteiger partial charge in [-0.15, -0.1) is 0 Å². The van der Waals surface area contributed by atoms with E-state index >= 15 is 0 Å². The molecule has 0 fully saturated rings. The molecule has 1 heterocycles. The van der Waals surface area contributed by atoms with Crippen LogP contribution < -0.4 is 5.73 Å². The monoisotopic (exact) mass is 262 g/mol. The Morgan fingerprint density at radius 3 is 2.67 bits per heavy atom. The second-order valence-corrected chi connectivity index (χ2v) is 6.40. The van der Waals surface area contributed by atoms with Crippen LogP contribution in [0.2, 0.25) is 0 Å². The highest BCUT2D eigenvalue weighted by molar-refractivity contribution is 7.99. The van der Waals surface area contributed by atoms with Crippen molar-refractivity contribution in [2.45, 2.75) is 44.9 Å². The molecule has 2 rings (SSSR count). The van der Waals surface area contributed by atoms with E-state index in [4.69, 9.17) is 5.73 Å². The van der Waals surface area contributed by atoms with Gasteiger partial charge in [-0.3, -0.25) is 0 Å². The number of fused-ring (bicyclic) bond motifs is 1.